The number of anilines is 1. The normalized spacial score (nSPS) is 13.9. The number of carbonyl (C=O) groups is 3. The molecule has 1 saturated heterocycles. The Kier molecular flexibility index (Phi) is 6.42. The molecular formula is C15H16BrN5O5S. The second-order valence-electron chi connectivity index (χ2n) is 5.40. The molecule has 10 nitrogen and oxygen atoms in total. The molecule has 1 aliphatic rings. The van der Waals surface area contributed by atoms with Gasteiger partial charge in [0.25, 0.3) is 17.7 Å². The van der Waals surface area contributed by atoms with Crippen molar-refractivity contribution in [1.29, 1.82) is 0 Å². The summed E-state index contributed by atoms with van der Waals surface area (Å²) in [5.41, 5.74) is 4.68. The molecule has 27 heavy (non-hydrogen) atoms. The minimum absolute atomic E-state index is 0.0665. The van der Waals surface area contributed by atoms with Gasteiger partial charge in [0.05, 0.1) is 19.8 Å². The molecule has 3 amide bonds. The molecule has 12 heteroatoms. The fourth-order valence-electron chi connectivity index (χ4n) is 2.19. The molecule has 0 atom stereocenters. The first-order valence-corrected chi connectivity index (χ1v) is 9.61. The standard InChI is InChI=1S/C15H16BrN5O5S/c16-11-2-1-10(26-11)14(24)17-7-12(22)19-20-13(23)9-8-27-15(18-9)21-3-5-25-6-4-21/h1-2,8H,3-7H2,(H,17,24)(H,19,22)(H,20,23). The van der Waals surface area contributed by atoms with Crippen molar-refractivity contribution >= 4 is 50.1 Å². The third kappa shape index (κ3) is 5.28. The third-order valence-electron chi connectivity index (χ3n) is 3.53. The summed E-state index contributed by atoms with van der Waals surface area (Å²) in [6.07, 6.45) is 0. The summed E-state index contributed by atoms with van der Waals surface area (Å²) < 4.78 is 10.8. The van der Waals surface area contributed by atoms with Crippen LogP contribution in [0.15, 0.2) is 26.6 Å². The molecule has 0 aliphatic carbocycles. The number of aromatic nitrogens is 1. The summed E-state index contributed by atoms with van der Waals surface area (Å²) >= 11 is 4.43. The lowest BCUT2D eigenvalue weighted by Gasteiger charge is -2.25. The van der Waals surface area contributed by atoms with Gasteiger partial charge in [0.1, 0.15) is 5.69 Å². The van der Waals surface area contributed by atoms with E-state index in [-0.39, 0.29) is 18.0 Å². The molecule has 1 fully saturated rings. The zero-order valence-corrected chi connectivity index (χ0v) is 16.4. The van der Waals surface area contributed by atoms with Crippen LogP contribution >= 0.6 is 27.3 Å². The molecule has 3 rings (SSSR count). The van der Waals surface area contributed by atoms with Crippen LogP contribution in [0.1, 0.15) is 21.0 Å². The van der Waals surface area contributed by atoms with Crippen molar-refractivity contribution in [1.82, 2.24) is 21.2 Å². The van der Waals surface area contributed by atoms with Gasteiger partial charge in [-0.25, -0.2) is 4.98 Å². The number of nitrogens with zero attached hydrogens (tertiary/aromatic N) is 2. The Morgan fingerprint density at radius 1 is 1.19 bits per heavy atom. The number of nitrogens with one attached hydrogen (secondary N) is 3. The van der Waals surface area contributed by atoms with Crippen molar-refractivity contribution in [2.24, 2.45) is 0 Å². The number of ether oxygens (including phenoxy) is 1. The van der Waals surface area contributed by atoms with Gasteiger partial charge in [-0.15, -0.1) is 11.3 Å². The third-order valence-corrected chi connectivity index (χ3v) is 4.86. The van der Waals surface area contributed by atoms with E-state index in [2.05, 4.69) is 37.1 Å². The molecule has 0 saturated carbocycles. The summed E-state index contributed by atoms with van der Waals surface area (Å²) in [6.45, 7) is 2.36. The van der Waals surface area contributed by atoms with Crippen LogP contribution in [0.25, 0.3) is 0 Å². The molecule has 3 N–H and O–H groups in total. The maximum absolute atomic E-state index is 12.1. The number of carbonyl (C=O) groups excluding carboxylic acids is 3. The summed E-state index contributed by atoms with van der Waals surface area (Å²) in [5, 5.41) is 4.72. The Morgan fingerprint density at radius 3 is 2.67 bits per heavy atom. The highest BCUT2D eigenvalue weighted by molar-refractivity contribution is 9.10. The van der Waals surface area contributed by atoms with Crippen LogP contribution in [-0.4, -0.2) is 55.6 Å². The van der Waals surface area contributed by atoms with Crippen LogP contribution < -0.4 is 21.1 Å². The molecule has 1 aliphatic heterocycles. The number of amides is 3. The number of hydrogen-bond donors (Lipinski definition) is 3. The zero-order chi connectivity index (χ0) is 19.2. The molecule has 2 aromatic heterocycles. The van der Waals surface area contributed by atoms with Gasteiger partial charge in [-0.1, -0.05) is 0 Å². The lowest BCUT2D eigenvalue weighted by Crippen LogP contribution is -2.46. The average Bonchev–Trinajstić information content (AvgIpc) is 3.34. The number of furan rings is 1. The van der Waals surface area contributed by atoms with E-state index in [0.717, 1.165) is 18.2 Å². The molecule has 3 heterocycles. The average molecular weight is 458 g/mol. The highest BCUT2D eigenvalue weighted by Gasteiger charge is 2.18. The predicted molar refractivity (Wildman–Crippen MR) is 99.5 cm³/mol. The fourth-order valence-corrected chi connectivity index (χ4v) is 3.35. The number of thiazole rings is 1. The molecule has 0 bridgehead atoms. The van der Waals surface area contributed by atoms with Gasteiger partial charge in [0, 0.05) is 18.5 Å². The van der Waals surface area contributed by atoms with Gasteiger partial charge in [-0.2, -0.15) is 0 Å². The van der Waals surface area contributed by atoms with E-state index in [9.17, 15) is 14.4 Å². The van der Waals surface area contributed by atoms with E-state index >= 15 is 0 Å². The largest absolute Gasteiger partial charge is 0.444 e. The second kappa shape index (κ2) is 8.97. The van der Waals surface area contributed by atoms with Crippen molar-refractivity contribution in [2.75, 3.05) is 37.7 Å². The quantitative estimate of drug-likeness (QED) is 0.558. The Bertz CT molecular complexity index is 832. The van der Waals surface area contributed by atoms with E-state index in [1.807, 2.05) is 4.90 Å². The zero-order valence-electron chi connectivity index (χ0n) is 14.0. The smallest absolute Gasteiger partial charge is 0.289 e. The lowest BCUT2D eigenvalue weighted by atomic mass is 10.4. The monoisotopic (exact) mass is 457 g/mol. The molecule has 144 valence electrons. The van der Waals surface area contributed by atoms with Crippen molar-refractivity contribution < 1.29 is 23.5 Å². The maximum Gasteiger partial charge on any atom is 0.289 e. The minimum atomic E-state index is -0.592. The minimum Gasteiger partial charge on any atom is -0.444 e. The van der Waals surface area contributed by atoms with Crippen LogP contribution in [0.5, 0.6) is 0 Å². The summed E-state index contributed by atoms with van der Waals surface area (Å²) in [5.74, 6) is -1.61. The van der Waals surface area contributed by atoms with Gasteiger partial charge < -0.3 is 19.4 Å². The van der Waals surface area contributed by atoms with Crippen LogP contribution in [0, 0.1) is 0 Å². The summed E-state index contributed by atoms with van der Waals surface area (Å²) in [4.78, 5) is 41.9. The van der Waals surface area contributed by atoms with Crippen LogP contribution in [0.3, 0.4) is 0 Å². The first kappa shape index (κ1) is 19.3. The topological polar surface area (TPSA) is 126 Å². The van der Waals surface area contributed by atoms with E-state index in [1.54, 1.807) is 11.4 Å². The number of morpholine rings is 1. The van der Waals surface area contributed by atoms with Crippen LogP contribution in [0.2, 0.25) is 0 Å². The molecule has 2 aromatic rings. The van der Waals surface area contributed by atoms with Gasteiger partial charge in [0.15, 0.2) is 15.6 Å². The van der Waals surface area contributed by atoms with E-state index in [0.29, 0.717) is 17.9 Å². The number of hydrogen-bond acceptors (Lipinski definition) is 8. The molecule has 0 radical (unpaired) electrons. The Hall–Kier alpha value is -2.44. The van der Waals surface area contributed by atoms with E-state index < -0.39 is 17.7 Å². The van der Waals surface area contributed by atoms with E-state index in [1.165, 1.54) is 17.4 Å². The molecular weight excluding hydrogens is 442 g/mol. The van der Waals surface area contributed by atoms with Gasteiger partial charge in [0.2, 0.25) is 0 Å². The van der Waals surface area contributed by atoms with Crippen molar-refractivity contribution in [3.63, 3.8) is 0 Å². The highest BCUT2D eigenvalue weighted by Crippen LogP contribution is 2.21. The fraction of sp³-hybridized carbons (Fsp3) is 0.333. The Balaban J connectivity index is 1.42. The Labute approximate surface area is 166 Å². The first-order chi connectivity index (χ1) is 13.0. The number of halogens is 1. The predicted octanol–water partition coefficient (Wildman–Crippen LogP) is 0.526. The first-order valence-electron chi connectivity index (χ1n) is 7.94. The number of hydrazine groups is 1. The molecule has 0 spiro atoms. The molecule has 0 unspecified atom stereocenters. The highest BCUT2D eigenvalue weighted by atomic mass is 79.9. The summed E-state index contributed by atoms with van der Waals surface area (Å²) in [6, 6.07) is 3.03. The second-order valence-corrected chi connectivity index (χ2v) is 7.02. The van der Waals surface area contributed by atoms with Gasteiger partial charge in [-0.05, 0) is 28.1 Å². The van der Waals surface area contributed by atoms with Crippen LogP contribution in [0.4, 0.5) is 5.13 Å². The number of rotatable bonds is 5. The Morgan fingerprint density at radius 2 is 1.96 bits per heavy atom. The van der Waals surface area contributed by atoms with Crippen molar-refractivity contribution in [3.05, 3.63) is 33.6 Å². The van der Waals surface area contributed by atoms with E-state index in [4.69, 9.17) is 9.15 Å². The van der Waals surface area contributed by atoms with Crippen molar-refractivity contribution in [2.45, 2.75) is 0 Å². The molecule has 0 aromatic carbocycles. The van der Waals surface area contributed by atoms with Crippen molar-refractivity contribution in [3.8, 4) is 0 Å². The summed E-state index contributed by atoms with van der Waals surface area (Å²) in [7, 11) is 0. The van der Waals surface area contributed by atoms with Gasteiger partial charge >= 0.3 is 0 Å². The SMILES string of the molecule is O=C(CNC(=O)c1ccc(Br)o1)NNC(=O)c1csc(N2CCOCC2)n1. The van der Waals surface area contributed by atoms with Crippen LogP contribution in [-0.2, 0) is 9.53 Å². The van der Waals surface area contributed by atoms with Gasteiger partial charge in [-0.3, -0.25) is 25.2 Å². The maximum atomic E-state index is 12.1. The lowest BCUT2D eigenvalue weighted by molar-refractivity contribution is -0.120.